The van der Waals surface area contributed by atoms with Gasteiger partial charge in [0.2, 0.25) is 0 Å². The van der Waals surface area contributed by atoms with E-state index in [2.05, 4.69) is 5.10 Å². The molecular weight excluding hydrogens is 248 g/mol. The zero-order valence-electron chi connectivity index (χ0n) is 10.0. The molecule has 6 heteroatoms. The van der Waals surface area contributed by atoms with Gasteiger partial charge >= 0.3 is 5.97 Å². The fraction of sp³-hybridized carbons (Fsp3) is 0.231. The van der Waals surface area contributed by atoms with E-state index >= 15 is 0 Å². The highest BCUT2D eigenvalue weighted by Gasteiger charge is 2.22. The van der Waals surface area contributed by atoms with Gasteiger partial charge in [-0.3, -0.25) is 4.79 Å². The van der Waals surface area contributed by atoms with Gasteiger partial charge in [-0.25, -0.2) is 4.68 Å². The van der Waals surface area contributed by atoms with Crippen LogP contribution in [-0.4, -0.2) is 37.2 Å². The van der Waals surface area contributed by atoms with Gasteiger partial charge in [-0.2, -0.15) is 5.10 Å². The van der Waals surface area contributed by atoms with Crippen molar-refractivity contribution in [3.63, 3.8) is 0 Å². The lowest BCUT2D eigenvalue weighted by Crippen LogP contribution is -2.21. The van der Waals surface area contributed by atoms with Gasteiger partial charge < -0.3 is 15.3 Å². The van der Waals surface area contributed by atoms with Crippen molar-refractivity contribution >= 4 is 5.97 Å². The number of carboxylic acid groups (broad SMARTS) is 1. The number of carbonyl (C=O) groups is 1. The predicted molar refractivity (Wildman–Crippen MR) is 66.8 cm³/mol. The van der Waals surface area contributed by atoms with Crippen molar-refractivity contribution in [3.8, 4) is 5.69 Å². The Hall–Kier alpha value is -2.18. The molecule has 0 radical (unpaired) electrons. The van der Waals surface area contributed by atoms with Crippen molar-refractivity contribution in [2.24, 2.45) is 0 Å². The molecule has 0 fully saturated rings. The Morgan fingerprint density at radius 2 is 1.95 bits per heavy atom. The van der Waals surface area contributed by atoms with Crippen LogP contribution in [-0.2, 0) is 4.79 Å². The molecule has 0 bridgehead atoms. The first-order valence-electron chi connectivity index (χ1n) is 5.76. The number of nitrogens with zero attached hydrogens (tertiary/aromatic N) is 2. The number of aromatic nitrogens is 2. The smallest absolute Gasteiger partial charge is 0.306 e. The van der Waals surface area contributed by atoms with Crippen molar-refractivity contribution in [1.82, 2.24) is 9.78 Å². The quantitative estimate of drug-likeness (QED) is 0.738. The van der Waals surface area contributed by atoms with Gasteiger partial charge in [0.15, 0.2) is 0 Å². The molecule has 0 spiro atoms. The van der Waals surface area contributed by atoms with Gasteiger partial charge in [0.05, 0.1) is 24.4 Å². The van der Waals surface area contributed by atoms with Crippen molar-refractivity contribution < 1.29 is 20.1 Å². The Balaban J connectivity index is 2.15. The van der Waals surface area contributed by atoms with Crippen LogP contribution >= 0.6 is 0 Å². The number of hydrogen-bond donors (Lipinski definition) is 3. The van der Waals surface area contributed by atoms with Crippen LogP contribution in [0, 0.1) is 0 Å². The molecular formula is C13H14N2O4. The standard InChI is InChI=1S/C13H14N2O4/c16-11(6-12(17)18)13(19)9-7-14-15(8-9)10-4-2-1-3-5-10/h1-5,7-8,11,13,16,19H,6H2,(H,17,18). The molecule has 1 heterocycles. The third kappa shape index (κ3) is 3.18. The maximum Gasteiger partial charge on any atom is 0.306 e. The van der Waals surface area contributed by atoms with Crippen molar-refractivity contribution in [2.45, 2.75) is 18.6 Å². The minimum absolute atomic E-state index is 0.373. The van der Waals surface area contributed by atoms with E-state index in [0.29, 0.717) is 5.56 Å². The van der Waals surface area contributed by atoms with Gasteiger partial charge in [0.25, 0.3) is 0 Å². The summed E-state index contributed by atoms with van der Waals surface area (Å²) < 4.78 is 1.55. The molecule has 3 N–H and O–H groups in total. The summed E-state index contributed by atoms with van der Waals surface area (Å²) in [5.41, 5.74) is 1.19. The average Bonchev–Trinajstić information content (AvgIpc) is 2.87. The zero-order chi connectivity index (χ0) is 13.8. The summed E-state index contributed by atoms with van der Waals surface area (Å²) in [5, 5.41) is 32.0. The Labute approximate surface area is 109 Å². The molecule has 2 unspecified atom stereocenters. The van der Waals surface area contributed by atoms with Gasteiger partial charge in [0, 0.05) is 11.8 Å². The Morgan fingerprint density at radius 3 is 2.58 bits per heavy atom. The highest BCUT2D eigenvalue weighted by atomic mass is 16.4. The first-order chi connectivity index (χ1) is 9.08. The van der Waals surface area contributed by atoms with Crippen molar-refractivity contribution in [3.05, 3.63) is 48.3 Å². The lowest BCUT2D eigenvalue weighted by molar-refractivity contribution is -0.141. The van der Waals surface area contributed by atoms with Gasteiger partial charge in [-0.1, -0.05) is 18.2 Å². The summed E-state index contributed by atoms with van der Waals surface area (Å²) in [6.07, 6.45) is -0.176. The summed E-state index contributed by atoms with van der Waals surface area (Å²) in [4.78, 5) is 10.5. The van der Waals surface area contributed by atoms with Crippen LogP contribution in [0.25, 0.3) is 5.69 Å². The van der Waals surface area contributed by atoms with Gasteiger partial charge in [-0.05, 0) is 12.1 Å². The topological polar surface area (TPSA) is 95.6 Å². The Bertz CT molecular complexity index is 553. The second-order valence-electron chi connectivity index (χ2n) is 4.16. The number of benzene rings is 1. The molecule has 6 nitrogen and oxygen atoms in total. The lowest BCUT2D eigenvalue weighted by Gasteiger charge is -2.13. The van der Waals surface area contributed by atoms with E-state index in [1.807, 2.05) is 30.3 Å². The molecule has 19 heavy (non-hydrogen) atoms. The fourth-order valence-corrected chi connectivity index (χ4v) is 1.72. The highest BCUT2D eigenvalue weighted by molar-refractivity contribution is 5.67. The number of hydrogen-bond acceptors (Lipinski definition) is 4. The van der Waals surface area contributed by atoms with Crippen LogP contribution in [0.15, 0.2) is 42.7 Å². The molecule has 1 aromatic carbocycles. The van der Waals surface area contributed by atoms with Gasteiger partial charge in [-0.15, -0.1) is 0 Å². The highest BCUT2D eigenvalue weighted by Crippen LogP contribution is 2.19. The molecule has 0 aliphatic rings. The first kappa shape index (κ1) is 13.3. The van der Waals surface area contributed by atoms with Crippen LogP contribution in [0.4, 0.5) is 0 Å². The third-order valence-corrected chi connectivity index (χ3v) is 2.71. The van der Waals surface area contributed by atoms with E-state index in [9.17, 15) is 15.0 Å². The van der Waals surface area contributed by atoms with E-state index < -0.39 is 24.6 Å². The molecule has 100 valence electrons. The summed E-state index contributed by atoms with van der Waals surface area (Å²) >= 11 is 0. The zero-order valence-corrected chi connectivity index (χ0v) is 10.0. The molecule has 0 saturated heterocycles. The average molecular weight is 262 g/mol. The molecule has 2 atom stereocenters. The normalized spacial score (nSPS) is 14.0. The number of aliphatic hydroxyl groups excluding tert-OH is 2. The maximum absolute atomic E-state index is 10.5. The summed E-state index contributed by atoms with van der Waals surface area (Å²) in [5.74, 6) is -1.16. The van der Waals surface area contributed by atoms with Crippen LogP contribution in [0.3, 0.4) is 0 Å². The summed E-state index contributed by atoms with van der Waals surface area (Å²) in [6.45, 7) is 0. The summed E-state index contributed by atoms with van der Waals surface area (Å²) in [6, 6.07) is 9.27. The van der Waals surface area contributed by atoms with Crippen LogP contribution in [0.1, 0.15) is 18.1 Å². The van der Waals surface area contributed by atoms with E-state index in [4.69, 9.17) is 5.11 Å². The largest absolute Gasteiger partial charge is 0.481 e. The number of carboxylic acids is 1. The minimum Gasteiger partial charge on any atom is -0.481 e. The molecule has 0 saturated carbocycles. The third-order valence-electron chi connectivity index (χ3n) is 2.71. The van der Waals surface area contributed by atoms with Crippen molar-refractivity contribution in [1.29, 1.82) is 0 Å². The Morgan fingerprint density at radius 1 is 1.26 bits per heavy atom. The minimum atomic E-state index is -1.36. The molecule has 0 amide bonds. The molecule has 0 aliphatic carbocycles. The number of aliphatic carboxylic acids is 1. The second-order valence-corrected chi connectivity index (χ2v) is 4.16. The van der Waals surface area contributed by atoms with E-state index in [0.717, 1.165) is 5.69 Å². The molecule has 0 aliphatic heterocycles. The monoisotopic (exact) mass is 262 g/mol. The Kier molecular flexibility index (Phi) is 3.94. The van der Waals surface area contributed by atoms with Crippen LogP contribution in [0.5, 0.6) is 0 Å². The maximum atomic E-state index is 10.5. The molecule has 1 aromatic heterocycles. The van der Waals surface area contributed by atoms with Gasteiger partial charge in [0.1, 0.15) is 6.10 Å². The fourth-order valence-electron chi connectivity index (χ4n) is 1.72. The SMILES string of the molecule is O=C(O)CC(O)C(O)c1cnn(-c2ccccc2)c1. The van der Waals surface area contributed by atoms with E-state index in [1.54, 1.807) is 10.9 Å². The molecule has 2 aromatic rings. The van der Waals surface area contributed by atoms with Crippen LogP contribution in [0.2, 0.25) is 0 Å². The van der Waals surface area contributed by atoms with Crippen molar-refractivity contribution in [2.75, 3.05) is 0 Å². The number of rotatable bonds is 5. The van der Waals surface area contributed by atoms with E-state index in [1.165, 1.54) is 6.20 Å². The summed E-state index contributed by atoms with van der Waals surface area (Å²) in [7, 11) is 0. The predicted octanol–water partition coefficient (Wildman–Crippen LogP) is 0.741. The first-order valence-corrected chi connectivity index (χ1v) is 5.76. The van der Waals surface area contributed by atoms with E-state index in [-0.39, 0.29) is 0 Å². The lowest BCUT2D eigenvalue weighted by atomic mass is 10.1. The number of aliphatic hydroxyl groups is 2. The second kappa shape index (κ2) is 5.64. The molecule has 2 rings (SSSR count). The van der Waals surface area contributed by atoms with Crippen LogP contribution < -0.4 is 0 Å². The number of para-hydroxylation sites is 1.